The Morgan fingerprint density at radius 2 is 2.12 bits per heavy atom. The van der Waals surface area contributed by atoms with Crippen LogP contribution in [0.4, 0.5) is 5.82 Å². The van der Waals surface area contributed by atoms with E-state index in [1.807, 2.05) is 19.9 Å². The van der Waals surface area contributed by atoms with Gasteiger partial charge in [-0.2, -0.15) is 0 Å². The standard InChI is InChI=1S/C12H11ClN2O2/c1-7-3-8(2)14-11(4-7)15-12(16)9-5-10(13)17-6-9/h3-6H,1-2H3,(H,14,15,16). The number of carbonyl (C=O) groups is 1. The minimum absolute atomic E-state index is 0.184. The Labute approximate surface area is 104 Å². The first kappa shape index (κ1) is 11.7. The van der Waals surface area contributed by atoms with E-state index < -0.39 is 0 Å². The van der Waals surface area contributed by atoms with Crippen LogP contribution in [0.2, 0.25) is 5.22 Å². The molecule has 1 amide bonds. The third-order valence-electron chi connectivity index (χ3n) is 2.17. The molecule has 2 aromatic rings. The van der Waals surface area contributed by atoms with Gasteiger partial charge < -0.3 is 9.73 Å². The number of pyridine rings is 1. The molecule has 0 aliphatic carbocycles. The number of nitrogens with one attached hydrogen (secondary N) is 1. The van der Waals surface area contributed by atoms with Crippen LogP contribution in [0, 0.1) is 13.8 Å². The van der Waals surface area contributed by atoms with Crippen molar-refractivity contribution < 1.29 is 9.21 Å². The fraction of sp³-hybridized carbons (Fsp3) is 0.167. The van der Waals surface area contributed by atoms with E-state index in [9.17, 15) is 4.79 Å². The van der Waals surface area contributed by atoms with E-state index in [2.05, 4.69) is 10.3 Å². The smallest absolute Gasteiger partial charge is 0.260 e. The van der Waals surface area contributed by atoms with Crippen molar-refractivity contribution in [3.8, 4) is 0 Å². The molecule has 0 unspecified atom stereocenters. The normalized spacial score (nSPS) is 10.3. The highest BCUT2D eigenvalue weighted by atomic mass is 35.5. The van der Waals surface area contributed by atoms with Crippen LogP contribution < -0.4 is 5.32 Å². The van der Waals surface area contributed by atoms with Crippen molar-refractivity contribution in [1.82, 2.24) is 4.98 Å². The summed E-state index contributed by atoms with van der Waals surface area (Å²) in [4.78, 5) is 16.0. The van der Waals surface area contributed by atoms with Gasteiger partial charge >= 0.3 is 0 Å². The van der Waals surface area contributed by atoms with E-state index in [4.69, 9.17) is 16.0 Å². The highest BCUT2D eigenvalue weighted by Crippen LogP contribution is 2.15. The van der Waals surface area contributed by atoms with E-state index in [1.165, 1.54) is 12.3 Å². The number of furan rings is 1. The van der Waals surface area contributed by atoms with E-state index in [0.29, 0.717) is 11.4 Å². The fourth-order valence-electron chi connectivity index (χ4n) is 1.52. The van der Waals surface area contributed by atoms with E-state index in [1.54, 1.807) is 6.07 Å². The predicted octanol–water partition coefficient (Wildman–Crippen LogP) is 3.20. The summed E-state index contributed by atoms with van der Waals surface area (Å²) in [6.45, 7) is 3.82. The van der Waals surface area contributed by atoms with Crippen LogP contribution in [0.3, 0.4) is 0 Å². The van der Waals surface area contributed by atoms with Gasteiger partial charge in [0.25, 0.3) is 5.91 Å². The minimum atomic E-state index is -0.293. The third kappa shape index (κ3) is 2.85. The van der Waals surface area contributed by atoms with Crippen LogP contribution in [-0.4, -0.2) is 10.9 Å². The topological polar surface area (TPSA) is 55.1 Å². The van der Waals surface area contributed by atoms with Gasteiger partial charge in [-0.25, -0.2) is 4.98 Å². The van der Waals surface area contributed by atoms with Crippen molar-refractivity contribution >= 4 is 23.3 Å². The van der Waals surface area contributed by atoms with Crippen molar-refractivity contribution in [2.24, 2.45) is 0 Å². The number of rotatable bonds is 2. The quantitative estimate of drug-likeness (QED) is 0.891. The Morgan fingerprint density at radius 1 is 1.35 bits per heavy atom. The number of halogens is 1. The Hall–Kier alpha value is -1.81. The number of nitrogens with zero attached hydrogens (tertiary/aromatic N) is 1. The lowest BCUT2D eigenvalue weighted by Gasteiger charge is -2.04. The maximum absolute atomic E-state index is 11.8. The summed E-state index contributed by atoms with van der Waals surface area (Å²) in [7, 11) is 0. The Morgan fingerprint density at radius 3 is 2.71 bits per heavy atom. The van der Waals surface area contributed by atoms with Crippen LogP contribution in [-0.2, 0) is 0 Å². The van der Waals surface area contributed by atoms with Gasteiger partial charge in [-0.3, -0.25) is 4.79 Å². The monoisotopic (exact) mass is 250 g/mol. The largest absolute Gasteiger partial charge is 0.452 e. The molecule has 4 nitrogen and oxygen atoms in total. The molecule has 0 aromatic carbocycles. The molecule has 88 valence electrons. The highest BCUT2D eigenvalue weighted by molar-refractivity contribution is 6.29. The van der Waals surface area contributed by atoms with Crippen LogP contribution in [0.5, 0.6) is 0 Å². The van der Waals surface area contributed by atoms with Crippen LogP contribution in [0.1, 0.15) is 21.6 Å². The second-order valence-corrected chi connectivity index (χ2v) is 4.14. The zero-order valence-electron chi connectivity index (χ0n) is 9.45. The fourth-order valence-corrected chi connectivity index (χ4v) is 1.69. The average molecular weight is 251 g/mol. The van der Waals surface area contributed by atoms with Gasteiger partial charge in [0, 0.05) is 11.8 Å². The first-order valence-electron chi connectivity index (χ1n) is 5.05. The summed E-state index contributed by atoms with van der Waals surface area (Å²) in [5, 5.41) is 2.87. The number of aryl methyl sites for hydroxylation is 2. The predicted molar refractivity (Wildman–Crippen MR) is 65.4 cm³/mol. The number of amides is 1. The molecule has 0 bridgehead atoms. The third-order valence-corrected chi connectivity index (χ3v) is 2.37. The maximum Gasteiger partial charge on any atom is 0.260 e. The van der Waals surface area contributed by atoms with E-state index >= 15 is 0 Å². The van der Waals surface area contributed by atoms with Gasteiger partial charge in [0.15, 0.2) is 5.22 Å². The van der Waals surface area contributed by atoms with E-state index in [0.717, 1.165) is 11.3 Å². The summed E-state index contributed by atoms with van der Waals surface area (Å²) in [6, 6.07) is 5.19. The molecular weight excluding hydrogens is 240 g/mol. The van der Waals surface area contributed by atoms with Crippen LogP contribution in [0.15, 0.2) is 28.9 Å². The Balaban J connectivity index is 2.18. The SMILES string of the molecule is Cc1cc(C)nc(NC(=O)c2coc(Cl)c2)c1. The van der Waals surface area contributed by atoms with E-state index in [-0.39, 0.29) is 11.1 Å². The summed E-state index contributed by atoms with van der Waals surface area (Å²) in [6.07, 6.45) is 1.31. The van der Waals surface area contributed by atoms with Crippen molar-refractivity contribution in [1.29, 1.82) is 0 Å². The molecule has 1 N–H and O–H groups in total. The molecule has 5 heteroatoms. The van der Waals surface area contributed by atoms with Crippen LogP contribution >= 0.6 is 11.6 Å². The maximum atomic E-state index is 11.8. The van der Waals surface area contributed by atoms with Crippen molar-refractivity contribution in [3.05, 3.63) is 46.5 Å². The van der Waals surface area contributed by atoms with Gasteiger partial charge in [-0.1, -0.05) is 0 Å². The molecule has 0 saturated heterocycles. The number of carbonyl (C=O) groups excluding carboxylic acids is 1. The molecule has 2 aromatic heterocycles. The zero-order valence-corrected chi connectivity index (χ0v) is 10.2. The number of anilines is 1. The lowest BCUT2D eigenvalue weighted by molar-refractivity contribution is 0.102. The second-order valence-electron chi connectivity index (χ2n) is 3.76. The molecule has 2 rings (SSSR count). The second kappa shape index (κ2) is 4.59. The summed E-state index contributed by atoms with van der Waals surface area (Å²) >= 11 is 5.60. The first-order chi connectivity index (χ1) is 8.04. The number of hydrogen-bond acceptors (Lipinski definition) is 3. The molecule has 0 radical (unpaired) electrons. The molecule has 2 heterocycles. The molecule has 0 fully saturated rings. The average Bonchev–Trinajstić information content (AvgIpc) is 2.63. The number of hydrogen-bond donors (Lipinski definition) is 1. The summed E-state index contributed by atoms with van der Waals surface area (Å²) in [5.74, 6) is 0.225. The van der Waals surface area contributed by atoms with Gasteiger partial charge in [0.1, 0.15) is 12.1 Å². The Kier molecular flexibility index (Phi) is 3.15. The summed E-state index contributed by atoms with van der Waals surface area (Å²) < 4.78 is 4.85. The lowest BCUT2D eigenvalue weighted by atomic mass is 10.2. The molecule has 0 aliphatic rings. The molecule has 0 saturated carbocycles. The molecule has 17 heavy (non-hydrogen) atoms. The van der Waals surface area contributed by atoms with Crippen molar-refractivity contribution in [2.75, 3.05) is 5.32 Å². The van der Waals surface area contributed by atoms with Gasteiger partial charge in [0.05, 0.1) is 5.56 Å². The van der Waals surface area contributed by atoms with Crippen LogP contribution in [0.25, 0.3) is 0 Å². The van der Waals surface area contributed by atoms with Crippen molar-refractivity contribution in [3.63, 3.8) is 0 Å². The lowest BCUT2D eigenvalue weighted by Crippen LogP contribution is -2.12. The first-order valence-corrected chi connectivity index (χ1v) is 5.43. The highest BCUT2D eigenvalue weighted by Gasteiger charge is 2.10. The van der Waals surface area contributed by atoms with Crippen molar-refractivity contribution in [2.45, 2.75) is 13.8 Å². The summed E-state index contributed by atoms with van der Waals surface area (Å²) in [5.41, 5.74) is 2.26. The molecule has 0 aliphatic heterocycles. The molecule has 0 spiro atoms. The number of aromatic nitrogens is 1. The van der Waals surface area contributed by atoms with Gasteiger partial charge in [-0.05, 0) is 43.1 Å². The molecule has 0 atom stereocenters. The Bertz CT molecular complexity index is 543. The van der Waals surface area contributed by atoms with Gasteiger partial charge in [0.2, 0.25) is 0 Å². The molecular formula is C12H11ClN2O2. The zero-order chi connectivity index (χ0) is 12.4. The minimum Gasteiger partial charge on any atom is -0.452 e. The van der Waals surface area contributed by atoms with Gasteiger partial charge in [-0.15, -0.1) is 0 Å².